The van der Waals surface area contributed by atoms with E-state index in [0.717, 1.165) is 34.2 Å². The Bertz CT molecular complexity index is 880. The van der Waals surface area contributed by atoms with Crippen molar-refractivity contribution in [3.63, 3.8) is 0 Å². The number of hydrogen-bond acceptors (Lipinski definition) is 2. The summed E-state index contributed by atoms with van der Waals surface area (Å²) in [5.41, 5.74) is 3.62. The van der Waals surface area contributed by atoms with Gasteiger partial charge in [-0.3, -0.25) is 0 Å². The number of aryl methyl sites for hydroxylation is 1. The molecular formula is C23H30F3NO2. The highest BCUT2D eigenvalue weighted by atomic mass is 19.4. The Labute approximate surface area is 170 Å². The molecule has 29 heavy (non-hydrogen) atoms. The largest absolute Gasteiger partial charge is 0.497 e. The van der Waals surface area contributed by atoms with Gasteiger partial charge in [-0.25, -0.2) is 0 Å². The number of hydrogen-bond donors (Lipinski definition) is 1. The van der Waals surface area contributed by atoms with Crippen LogP contribution in [0.15, 0.2) is 30.9 Å². The first-order valence-electron chi connectivity index (χ1n) is 9.89. The number of benzene rings is 1. The maximum absolute atomic E-state index is 12.7. The van der Waals surface area contributed by atoms with Gasteiger partial charge in [-0.1, -0.05) is 39.0 Å². The summed E-state index contributed by atoms with van der Waals surface area (Å²) < 4.78 is 45.3. The van der Waals surface area contributed by atoms with Gasteiger partial charge in [-0.05, 0) is 43.4 Å². The predicted octanol–water partition coefficient (Wildman–Crippen LogP) is 6.45. The Hall–Kier alpha value is -2.21. The molecule has 0 amide bonds. The zero-order chi connectivity index (χ0) is 21.8. The first kappa shape index (κ1) is 23.1. The van der Waals surface area contributed by atoms with E-state index >= 15 is 0 Å². The highest BCUT2D eigenvalue weighted by Gasteiger charge is 2.37. The van der Waals surface area contributed by atoms with Crippen molar-refractivity contribution in [1.29, 1.82) is 0 Å². The molecule has 0 aliphatic rings. The van der Waals surface area contributed by atoms with E-state index in [1.807, 2.05) is 29.7 Å². The van der Waals surface area contributed by atoms with Crippen LogP contribution in [-0.4, -0.2) is 29.1 Å². The molecule has 0 fully saturated rings. The van der Waals surface area contributed by atoms with Gasteiger partial charge < -0.3 is 14.4 Å². The second-order valence-corrected chi connectivity index (χ2v) is 7.52. The van der Waals surface area contributed by atoms with Crippen LogP contribution in [0.25, 0.3) is 22.6 Å². The lowest BCUT2D eigenvalue weighted by atomic mass is 10.0. The summed E-state index contributed by atoms with van der Waals surface area (Å²) >= 11 is 0. The van der Waals surface area contributed by atoms with Crippen LogP contribution in [0.4, 0.5) is 13.2 Å². The number of rotatable bonds is 9. The molecule has 0 aliphatic carbocycles. The Morgan fingerprint density at radius 3 is 2.59 bits per heavy atom. The van der Waals surface area contributed by atoms with Crippen LogP contribution in [0, 0.1) is 5.92 Å². The van der Waals surface area contributed by atoms with Crippen LogP contribution in [0.5, 0.6) is 5.75 Å². The summed E-state index contributed by atoms with van der Waals surface area (Å²) in [6, 6.07) is 5.74. The van der Waals surface area contributed by atoms with Crippen LogP contribution in [0.1, 0.15) is 51.3 Å². The van der Waals surface area contributed by atoms with E-state index in [1.165, 1.54) is 0 Å². The normalized spacial score (nSPS) is 14.5. The first-order chi connectivity index (χ1) is 13.6. The number of fused-ring (bicyclic) bond motifs is 1. The van der Waals surface area contributed by atoms with E-state index in [4.69, 9.17) is 4.74 Å². The average Bonchev–Trinajstić information content (AvgIpc) is 2.98. The molecule has 0 spiro atoms. The minimum Gasteiger partial charge on any atom is -0.497 e. The van der Waals surface area contributed by atoms with Crippen molar-refractivity contribution in [2.75, 3.05) is 7.11 Å². The molecule has 2 aromatic rings. The summed E-state index contributed by atoms with van der Waals surface area (Å²) in [7, 11) is 1.58. The van der Waals surface area contributed by atoms with Crippen molar-refractivity contribution in [3.8, 4) is 5.75 Å². The molecular weight excluding hydrogens is 379 g/mol. The first-order valence-corrected chi connectivity index (χ1v) is 9.89. The fourth-order valence-electron chi connectivity index (χ4n) is 3.35. The van der Waals surface area contributed by atoms with Gasteiger partial charge in [0.05, 0.1) is 18.3 Å². The smallest absolute Gasteiger partial charge is 0.414 e. The lowest BCUT2D eigenvalue weighted by Gasteiger charge is -2.16. The summed E-state index contributed by atoms with van der Waals surface area (Å²) in [5, 5.41) is 10.3. The molecule has 1 aromatic carbocycles. The molecule has 2 rings (SSSR count). The topological polar surface area (TPSA) is 34.4 Å². The number of allylic oxidation sites excluding steroid dienone is 2. The highest BCUT2D eigenvalue weighted by Crippen LogP contribution is 2.35. The fraction of sp³-hybridized carbons (Fsp3) is 0.478. The van der Waals surface area contributed by atoms with Gasteiger partial charge in [-0.2, -0.15) is 13.2 Å². The number of nitrogens with zero attached hydrogens (tertiary/aromatic N) is 1. The molecule has 1 unspecified atom stereocenters. The van der Waals surface area contributed by atoms with Crippen LogP contribution in [-0.2, 0) is 6.54 Å². The second kappa shape index (κ2) is 9.53. The molecule has 2 atom stereocenters. The minimum atomic E-state index is -4.59. The molecule has 0 saturated carbocycles. The summed E-state index contributed by atoms with van der Waals surface area (Å²) in [5.74, 6) is 1.09. The number of aliphatic hydroxyl groups excluding tert-OH is 1. The maximum atomic E-state index is 12.7. The van der Waals surface area contributed by atoms with Crippen molar-refractivity contribution in [2.45, 2.75) is 58.9 Å². The van der Waals surface area contributed by atoms with Gasteiger partial charge in [0.1, 0.15) is 11.9 Å². The monoisotopic (exact) mass is 409 g/mol. The molecule has 1 N–H and O–H groups in total. The SMILES string of the molecule is C=C(C)c1c(/C=C\[C@H](C)CC)c2ccc(OC)cc2n1CCCC(O)C(F)(F)F. The zero-order valence-electron chi connectivity index (χ0n) is 17.5. The second-order valence-electron chi connectivity index (χ2n) is 7.52. The Balaban J connectivity index is 2.52. The molecule has 0 radical (unpaired) electrons. The molecule has 1 aromatic heterocycles. The van der Waals surface area contributed by atoms with E-state index in [0.29, 0.717) is 18.2 Å². The van der Waals surface area contributed by atoms with Crippen molar-refractivity contribution in [1.82, 2.24) is 4.57 Å². The zero-order valence-corrected chi connectivity index (χ0v) is 17.5. The summed E-state index contributed by atoms with van der Waals surface area (Å²) in [4.78, 5) is 0. The number of methoxy groups -OCH3 is 1. The van der Waals surface area contributed by atoms with Gasteiger partial charge in [-0.15, -0.1) is 0 Å². The van der Waals surface area contributed by atoms with Crippen molar-refractivity contribution in [3.05, 3.63) is 42.1 Å². The number of halogens is 3. The number of alkyl halides is 3. The van der Waals surface area contributed by atoms with Gasteiger partial charge in [0.2, 0.25) is 0 Å². The molecule has 3 nitrogen and oxygen atoms in total. The van der Waals surface area contributed by atoms with Gasteiger partial charge >= 0.3 is 6.18 Å². The third kappa shape index (κ3) is 5.44. The molecule has 160 valence electrons. The standard InChI is InChI=1S/C23H30F3NO2/c1-6-16(4)9-11-19-18-12-10-17(29-5)14-20(18)27(22(19)15(2)3)13-7-8-21(28)23(24,25)26/h9-12,14,16,21,28H,2,6-8,13H2,1,3-5H3/b11-9-/t16-,21?/m1/s1. The molecule has 0 saturated heterocycles. The van der Waals surface area contributed by atoms with Crippen molar-refractivity contribution in [2.24, 2.45) is 5.92 Å². The Morgan fingerprint density at radius 2 is 2.03 bits per heavy atom. The van der Waals surface area contributed by atoms with Crippen LogP contribution in [0.3, 0.4) is 0 Å². The van der Waals surface area contributed by atoms with Crippen molar-refractivity contribution < 1.29 is 23.0 Å². The van der Waals surface area contributed by atoms with E-state index in [-0.39, 0.29) is 12.8 Å². The van der Waals surface area contributed by atoms with Gasteiger partial charge in [0, 0.05) is 23.6 Å². The van der Waals surface area contributed by atoms with Crippen LogP contribution in [0.2, 0.25) is 0 Å². The van der Waals surface area contributed by atoms with Crippen LogP contribution >= 0.6 is 0 Å². The van der Waals surface area contributed by atoms with E-state index in [1.54, 1.807) is 7.11 Å². The van der Waals surface area contributed by atoms with Gasteiger partial charge in [0.15, 0.2) is 0 Å². The lowest BCUT2D eigenvalue weighted by molar-refractivity contribution is -0.205. The fourth-order valence-corrected chi connectivity index (χ4v) is 3.35. The molecule has 1 heterocycles. The molecule has 0 aliphatic heterocycles. The Morgan fingerprint density at radius 1 is 1.34 bits per heavy atom. The molecule has 0 bridgehead atoms. The van der Waals surface area contributed by atoms with E-state index in [9.17, 15) is 18.3 Å². The maximum Gasteiger partial charge on any atom is 0.414 e. The van der Waals surface area contributed by atoms with Gasteiger partial charge in [0.25, 0.3) is 0 Å². The van der Waals surface area contributed by atoms with Crippen LogP contribution < -0.4 is 4.74 Å². The van der Waals surface area contributed by atoms with E-state index < -0.39 is 12.3 Å². The third-order valence-corrected chi connectivity index (χ3v) is 5.19. The summed E-state index contributed by atoms with van der Waals surface area (Å²) in [6.07, 6.45) is -1.82. The summed E-state index contributed by atoms with van der Waals surface area (Å²) in [6.45, 7) is 10.6. The highest BCUT2D eigenvalue weighted by molar-refractivity contribution is 5.96. The number of ether oxygens (including phenoxy) is 1. The Kier molecular flexibility index (Phi) is 7.58. The lowest BCUT2D eigenvalue weighted by Crippen LogP contribution is -2.28. The van der Waals surface area contributed by atoms with E-state index in [2.05, 4.69) is 32.6 Å². The quantitative estimate of drug-likeness (QED) is 0.517. The van der Waals surface area contributed by atoms with Crippen molar-refractivity contribution >= 4 is 22.6 Å². The predicted molar refractivity (Wildman–Crippen MR) is 113 cm³/mol. The number of aromatic nitrogens is 1. The molecule has 6 heteroatoms. The third-order valence-electron chi connectivity index (χ3n) is 5.19. The number of aliphatic hydroxyl groups is 1. The minimum absolute atomic E-state index is 0.191. The average molecular weight is 409 g/mol.